The van der Waals surface area contributed by atoms with E-state index in [0.717, 1.165) is 34.1 Å². The molecule has 92 valence electrons. The lowest BCUT2D eigenvalue weighted by Gasteiger charge is -2.18. The van der Waals surface area contributed by atoms with Crippen molar-refractivity contribution in [2.24, 2.45) is 0 Å². The summed E-state index contributed by atoms with van der Waals surface area (Å²) in [6.07, 6.45) is 1.49. The molecule has 0 saturated heterocycles. The van der Waals surface area contributed by atoms with Crippen molar-refractivity contribution < 1.29 is 10.0 Å². The second kappa shape index (κ2) is 4.31. The van der Waals surface area contributed by atoms with E-state index in [9.17, 15) is 4.79 Å². The van der Waals surface area contributed by atoms with Gasteiger partial charge in [0.05, 0.1) is 0 Å². The number of aryl methyl sites for hydroxylation is 2. The highest BCUT2D eigenvalue weighted by Gasteiger charge is 2.50. The third kappa shape index (κ3) is 2.30. The molecule has 0 unspecified atom stereocenters. The average Bonchev–Trinajstić information content (AvgIpc) is 3.05. The van der Waals surface area contributed by atoms with Gasteiger partial charge in [0.1, 0.15) is 5.54 Å². The van der Waals surface area contributed by atoms with Crippen LogP contribution in [0, 0.1) is 13.8 Å². The van der Waals surface area contributed by atoms with E-state index in [1.165, 1.54) is 0 Å². The van der Waals surface area contributed by atoms with Crippen LogP contribution in [-0.2, 0) is 4.79 Å². The molecule has 0 heterocycles. The Morgan fingerprint density at radius 3 is 2.29 bits per heavy atom. The van der Waals surface area contributed by atoms with Gasteiger partial charge in [-0.05, 0) is 49.9 Å². The fourth-order valence-corrected chi connectivity index (χ4v) is 2.16. The van der Waals surface area contributed by atoms with Gasteiger partial charge in [0.15, 0.2) is 0 Å². The molecule has 0 radical (unpaired) electrons. The number of nitrogens with one attached hydrogen (secondary N) is 2. The van der Waals surface area contributed by atoms with Crippen LogP contribution in [0.3, 0.4) is 0 Å². The molecule has 0 bridgehead atoms. The summed E-state index contributed by atoms with van der Waals surface area (Å²) in [5.74, 6) is -0.365. The van der Waals surface area contributed by atoms with E-state index < -0.39 is 5.54 Å². The Morgan fingerprint density at radius 1 is 1.35 bits per heavy atom. The summed E-state index contributed by atoms with van der Waals surface area (Å²) in [5.41, 5.74) is 4.24. The van der Waals surface area contributed by atoms with E-state index in [1.807, 2.05) is 26.0 Å². The molecule has 0 aromatic heterocycles. The van der Waals surface area contributed by atoms with Crippen LogP contribution in [0.2, 0.25) is 0 Å². The minimum absolute atomic E-state index is 0.365. The Balaban J connectivity index is 2.23. The number of rotatable bonds is 3. The highest BCUT2D eigenvalue weighted by molar-refractivity contribution is 9.10. The van der Waals surface area contributed by atoms with Crippen LogP contribution >= 0.6 is 15.9 Å². The van der Waals surface area contributed by atoms with E-state index in [1.54, 1.807) is 5.48 Å². The maximum absolute atomic E-state index is 11.5. The first-order valence-electron chi connectivity index (χ1n) is 5.48. The van der Waals surface area contributed by atoms with Crippen LogP contribution < -0.4 is 10.8 Å². The number of hydrogen-bond acceptors (Lipinski definition) is 3. The number of hydrogen-bond donors (Lipinski definition) is 3. The standard InChI is InChI=1S/C12H15BrN2O2/c1-7-5-9(6-8(2)10(7)13)14-12(3-4-12)11(16)15-17/h5-6,14,17H,3-4H2,1-2H3,(H,15,16). The van der Waals surface area contributed by atoms with E-state index in [4.69, 9.17) is 5.21 Å². The summed E-state index contributed by atoms with van der Waals surface area (Å²) >= 11 is 3.50. The van der Waals surface area contributed by atoms with Crippen molar-refractivity contribution in [3.8, 4) is 0 Å². The Morgan fingerprint density at radius 2 is 1.88 bits per heavy atom. The van der Waals surface area contributed by atoms with Gasteiger partial charge < -0.3 is 5.32 Å². The maximum Gasteiger partial charge on any atom is 0.268 e. The van der Waals surface area contributed by atoms with Gasteiger partial charge in [-0.1, -0.05) is 15.9 Å². The fourth-order valence-electron chi connectivity index (χ4n) is 1.94. The molecular weight excluding hydrogens is 284 g/mol. The quantitative estimate of drug-likeness (QED) is 0.593. The highest BCUT2D eigenvalue weighted by atomic mass is 79.9. The monoisotopic (exact) mass is 298 g/mol. The predicted molar refractivity (Wildman–Crippen MR) is 69.1 cm³/mol. The number of benzene rings is 1. The van der Waals surface area contributed by atoms with E-state index in [-0.39, 0.29) is 5.91 Å². The van der Waals surface area contributed by atoms with Crippen molar-refractivity contribution >= 4 is 27.5 Å². The lowest BCUT2D eigenvalue weighted by atomic mass is 10.1. The van der Waals surface area contributed by atoms with Crippen molar-refractivity contribution in [3.05, 3.63) is 27.7 Å². The lowest BCUT2D eigenvalue weighted by Crippen LogP contribution is -2.40. The van der Waals surface area contributed by atoms with E-state index >= 15 is 0 Å². The molecule has 5 heteroatoms. The molecule has 3 N–H and O–H groups in total. The molecule has 1 saturated carbocycles. The van der Waals surface area contributed by atoms with Gasteiger partial charge in [-0.2, -0.15) is 0 Å². The van der Waals surface area contributed by atoms with Crippen molar-refractivity contribution in [2.45, 2.75) is 32.2 Å². The summed E-state index contributed by atoms with van der Waals surface area (Å²) in [4.78, 5) is 11.5. The second-order valence-electron chi connectivity index (χ2n) is 4.57. The first-order valence-corrected chi connectivity index (χ1v) is 6.27. The first kappa shape index (κ1) is 12.4. The second-order valence-corrected chi connectivity index (χ2v) is 5.37. The van der Waals surface area contributed by atoms with Gasteiger partial charge in [0.25, 0.3) is 5.91 Å². The molecule has 0 spiro atoms. The van der Waals surface area contributed by atoms with Gasteiger partial charge in [-0.15, -0.1) is 0 Å². The number of hydroxylamine groups is 1. The summed E-state index contributed by atoms with van der Waals surface area (Å²) in [5, 5.41) is 11.9. The lowest BCUT2D eigenvalue weighted by molar-refractivity contribution is -0.130. The largest absolute Gasteiger partial charge is 0.371 e. The smallest absolute Gasteiger partial charge is 0.268 e. The summed E-state index contributed by atoms with van der Waals surface area (Å²) in [6, 6.07) is 3.98. The van der Waals surface area contributed by atoms with Gasteiger partial charge in [-0.3, -0.25) is 10.0 Å². The maximum atomic E-state index is 11.5. The molecule has 1 aromatic carbocycles. The van der Waals surface area contributed by atoms with E-state index in [0.29, 0.717) is 0 Å². The molecule has 0 aliphatic heterocycles. The molecule has 1 aliphatic rings. The molecule has 1 aromatic rings. The van der Waals surface area contributed by atoms with Gasteiger partial charge in [0.2, 0.25) is 0 Å². The molecular formula is C12H15BrN2O2. The van der Waals surface area contributed by atoms with Gasteiger partial charge >= 0.3 is 0 Å². The SMILES string of the molecule is Cc1cc(NC2(C(=O)NO)CC2)cc(C)c1Br. The van der Waals surface area contributed by atoms with Crippen molar-refractivity contribution in [1.29, 1.82) is 0 Å². The zero-order chi connectivity index (χ0) is 12.6. The van der Waals surface area contributed by atoms with Gasteiger partial charge in [0, 0.05) is 10.2 Å². The first-order chi connectivity index (χ1) is 7.98. The van der Waals surface area contributed by atoms with Crippen LogP contribution in [0.1, 0.15) is 24.0 Å². The molecule has 17 heavy (non-hydrogen) atoms. The molecule has 1 amide bonds. The number of halogens is 1. The Labute approximate surface area is 108 Å². The van der Waals surface area contributed by atoms with Crippen molar-refractivity contribution in [1.82, 2.24) is 5.48 Å². The predicted octanol–water partition coefficient (Wildman–Crippen LogP) is 2.52. The minimum Gasteiger partial charge on any atom is -0.371 e. The third-order valence-electron chi connectivity index (χ3n) is 3.11. The fraction of sp³-hybridized carbons (Fsp3) is 0.417. The normalized spacial score (nSPS) is 16.5. The van der Waals surface area contributed by atoms with Crippen LogP contribution in [0.25, 0.3) is 0 Å². The molecule has 1 fully saturated rings. The number of anilines is 1. The Bertz CT molecular complexity index is 447. The summed E-state index contributed by atoms with van der Waals surface area (Å²) in [6.45, 7) is 4.02. The molecule has 2 rings (SSSR count). The summed E-state index contributed by atoms with van der Waals surface area (Å²) in [7, 11) is 0. The Kier molecular flexibility index (Phi) is 3.14. The van der Waals surface area contributed by atoms with Crippen LogP contribution in [-0.4, -0.2) is 16.7 Å². The van der Waals surface area contributed by atoms with Crippen molar-refractivity contribution in [2.75, 3.05) is 5.32 Å². The highest BCUT2D eigenvalue weighted by Crippen LogP contribution is 2.40. The van der Waals surface area contributed by atoms with Crippen LogP contribution in [0.4, 0.5) is 5.69 Å². The zero-order valence-electron chi connectivity index (χ0n) is 9.80. The average molecular weight is 299 g/mol. The molecule has 0 atom stereocenters. The Hall–Kier alpha value is -1.07. The number of amides is 1. The zero-order valence-corrected chi connectivity index (χ0v) is 11.4. The minimum atomic E-state index is -0.624. The molecule has 1 aliphatic carbocycles. The third-order valence-corrected chi connectivity index (χ3v) is 4.36. The van der Waals surface area contributed by atoms with Crippen LogP contribution in [0.15, 0.2) is 16.6 Å². The van der Waals surface area contributed by atoms with Crippen LogP contribution in [0.5, 0.6) is 0 Å². The van der Waals surface area contributed by atoms with Crippen molar-refractivity contribution in [3.63, 3.8) is 0 Å². The van der Waals surface area contributed by atoms with E-state index in [2.05, 4.69) is 21.2 Å². The molecule has 4 nitrogen and oxygen atoms in total. The summed E-state index contributed by atoms with van der Waals surface area (Å²) < 4.78 is 1.08. The topological polar surface area (TPSA) is 61.4 Å². The number of carbonyl (C=O) groups is 1. The van der Waals surface area contributed by atoms with Gasteiger partial charge in [-0.25, -0.2) is 5.48 Å². The number of carbonyl (C=O) groups excluding carboxylic acids is 1.